The van der Waals surface area contributed by atoms with Crippen LogP contribution in [-0.2, 0) is 15.3 Å². The molecule has 1 spiro atoms. The number of nitrogen functional groups attached to an aromatic ring is 1. The smallest absolute Gasteiger partial charge is 0.221 e. The van der Waals surface area contributed by atoms with Crippen molar-refractivity contribution >= 4 is 11.6 Å². The fourth-order valence-corrected chi connectivity index (χ4v) is 4.27. The topological polar surface area (TPSA) is 95.3 Å². The third kappa shape index (κ3) is 2.78. The van der Waals surface area contributed by atoms with Crippen LogP contribution in [0, 0.1) is 5.92 Å². The Kier molecular flexibility index (Phi) is 3.96. The summed E-state index contributed by atoms with van der Waals surface area (Å²) in [6.07, 6.45) is 1.54. The molecule has 2 aromatic rings. The second-order valence-corrected chi connectivity index (χ2v) is 7.66. The van der Waals surface area contributed by atoms with Gasteiger partial charge < -0.3 is 20.9 Å². The molecule has 4 N–H and O–H groups in total. The molecule has 146 valence electrons. The van der Waals surface area contributed by atoms with Gasteiger partial charge in [0.2, 0.25) is 11.7 Å². The standard InChI is InChI=1S/C21H24N4O3/c1-25-20(23)24-21(28-25)11-19(15-7-8-26-12-15)27-18-6-5-14(10-17(18)21)13-3-2-4-16(22)9-13/h2-6,9-10,15,19H,7-8,11-12,22H2,1H3,(H2,23,24). The van der Waals surface area contributed by atoms with Crippen molar-refractivity contribution in [3.8, 4) is 16.9 Å². The van der Waals surface area contributed by atoms with Gasteiger partial charge in [0.05, 0.1) is 12.2 Å². The highest BCUT2D eigenvalue weighted by Crippen LogP contribution is 2.48. The number of hydrogen-bond acceptors (Lipinski definition) is 7. The van der Waals surface area contributed by atoms with Gasteiger partial charge in [0, 0.05) is 31.7 Å². The number of nitrogens with zero attached hydrogens (tertiary/aromatic N) is 2. The molecule has 7 heteroatoms. The van der Waals surface area contributed by atoms with Crippen molar-refractivity contribution in [1.82, 2.24) is 5.06 Å². The molecule has 3 unspecified atom stereocenters. The molecule has 28 heavy (non-hydrogen) atoms. The van der Waals surface area contributed by atoms with E-state index in [1.54, 1.807) is 7.05 Å². The Morgan fingerprint density at radius 3 is 2.71 bits per heavy atom. The van der Waals surface area contributed by atoms with Crippen molar-refractivity contribution in [1.29, 1.82) is 0 Å². The van der Waals surface area contributed by atoms with Gasteiger partial charge in [-0.2, -0.15) is 0 Å². The quantitative estimate of drug-likeness (QED) is 0.777. The van der Waals surface area contributed by atoms with Crippen molar-refractivity contribution in [2.75, 3.05) is 26.0 Å². The van der Waals surface area contributed by atoms with Gasteiger partial charge in [0.25, 0.3) is 0 Å². The van der Waals surface area contributed by atoms with Crippen LogP contribution in [0.25, 0.3) is 11.1 Å². The van der Waals surface area contributed by atoms with Gasteiger partial charge in [0.1, 0.15) is 11.9 Å². The maximum Gasteiger partial charge on any atom is 0.221 e. The summed E-state index contributed by atoms with van der Waals surface area (Å²) < 4.78 is 12.0. The Bertz CT molecular complexity index is 941. The molecule has 2 aromatic carbocycles. The molecule has 0 saturated carbocycles. The molecule has 3 aliphatic rings. The van der Waals surface area contributed by atoms with E-state index in [9.17, 15) is 0 Å². The number of rotatable bonds is 2. The van der Waals surface area contributed by atoms with Crippen LogP contribution < -0.4 is 16.2 Å². The highest BCUT2D eigenvalue weighted by Gasteiger charge is 2.50. The monoisotopic (exact) mass is 380 g/mol. The van der Waals surface area contributed by atoms with Crippen LogP contribution in [0.5, 0.6) is 5.75 Å². The molecule has 0 aliphatic carbocycles. The lowest BCUT2D eigenvalue weighted by Gasteiger charge is -2.39. The van der Waals surface area contributed by atoms with Crippen molar-refractivity contribution in [2.24, 2.45) is 16.6 Å². The van der Waals surface area contributed by atoms with Crippen molar-refractivity contribution in [3.05, 3.63) is 48.0 Å². The van der Waals surface area contributed by atoms with E-state index in [-0.39, 0.29) is 6.10 Å². The summed E-state index contributed by atoms with van der Waals surface area (Å²) in [6.45, 7) is 1.47. The van der Waals surface area contributed by atoms with Crippen molar-refractivity contribution in [2.45, 2.75) is 24.7 Å². The fourth-order valence-electron chi connectivity index (χ4n) is 4.27. The van der Waals surface area contributed by atoms with E-state index in [4.69, 9.17) is 30.8 Å². The van der Waals surface area contributed by atoms with Crippen LogP contribution in [0.2, 0.25) is 0 Å². The summed E-state index contributed by atoms with van der Waals surface area (Å²) in [4.78, 5) is 10.9. The molecule has 1 saturated heterocycles. The number of ether oxygens (including phenoxy) is 2. The summed E-state index contributed by atoms with van der Waals surface area (Å²) in [7, 11) is 1.78. The van der Waals surface area contributed by atoms with Gasteiger partial charge >= 0.3 is 0 Å². The molecule has 1 fully saturated rings. The first-order valence-electron chi connectivity index (χ1n) is 9.57. The fraction of sp³-hybridized carbons (Fsp3) is 0.381. The van der Waals surface area contributed by atoms with Crippen LogP contribution >= 0.6 is 0 Å². The van der Waals surface area contributed by atoms with E-state index in [0.29, 0.717) is 24.9 Å². The van der Waals surface area contributed by atoms with E-state index in [1.165, 1.54) is 5.06 Å². The molecule has 3 aliphatic heterocycles. The second kappa shape index (κ2) is 6.39. The normalized spacial score (nSPS) is 28.9. The van der Waals surface area contributed by atoms with Gasteiger partial charge in [-0.3, -0.25) is 0 Å². The first-order valence-corrected chi connectivity index (χ1v) is 9.57. The Balaban J connectivity index is 1.60. The molecule has 0 radical (unpaired) electrons. The number of benzene rings is 2. The van der Waals surface area contributed by atoms with Crippen LogP contribution in [0.4, 0.5) is 5.69 Å². The molecule has 7 nitrogen and oxygen atoms in total. The Hall–Kier alpha value is -2.77. The molecule has 0 bridgehead atoms. The lowest BCUT2D eigenvalue weighted by Crippen LogP contribution is -2.42. The van der Waals surface area contributed by atoms with Gasteiger partial charge in [-0.05, 0) is 41.8 Å². The van der Waals surface area contributed by atoms with Crippen LogP contribution in [-0.4, -0.2) is 37.4 Å². The third-order valence-electron chi connectivity index (χ3n) is 5.77. The highest BCUT2D eigenvalue weighted by atomic mass is 16.7. The van der Waals surface area contributed by atoms with Crippen LogP contribution in [0.1, 0.15) is 18.4 Å². The predicted octanol–water partition coefficient (Wildman–Crippen LogP) is 2.47. The van der Waals surface area contributed by atoms with Crippen LogP contribution in [0.15, 0.2) is 47.5 Å². The summed E-state index contributed by atoms with van der Waals surface area (Å²) in [6, 6.07) is 13.9. The zero-order valence-electron chi connectivity index (χ0n) is 15.8. The molecular formula is C21H24N4O3. The molecular weight excluding hydrogens is 356 g/mol. The van der Waals surface area contributed by atoms with Gasteiger partial charge in [-0.1, -0.05) is 18.2 Å². The molecule has 3 heterocycles. The Morgan fingerprint density at radius 1 is 1.14 bits per heavy atom. The SMILES string of the molecule is CN1OC2(CC(C3CCOC3)Oc3ccc(-c4cccc(N)c4)cc32)N=C1N. The number of aliphatic imine (C=N–C) groups is 1. The second-order valence-electron chi connectivity index (χ2n) is 7.66. The van der Waals surface area contributed by atoms with E-state index in [0.717, 1.165) is 41.2 Å². The average molecular weight is 380 g/mol. The zero-order chi connectivity index (χ0) is 19.3. The molecule has 3 atom stereocenters. The first-order chi connectivity index (χ1) is 13.5. The summed E-state index contributed by atoms with van der Waals surface area (Å²) in [5, 5.41) is 1.53. The minimum atomic E-state index is -0.879. The first kappa shape index (κ1) is 17.3. The summed E-state index contributed by atoms with van der Waals surface area (Å²) in [5.74, 6) is 1.47. The third-order valence-corrected chi connectivity index (χ3v) is 5.77. The molecule has 0 amide bonds. The lowest BCUT2D eigenvalue weighted by atomic mass is 9.85. The minimum absolute atomic E-state index is 0.0312. The Labute approximate surface area is 163 Å². The predicted molar refractivity (Wildman–Crippen MR) is 106 cm³/mol. The van der Waals surface area contributed by atoms with Crippen molar-refractivity contribution in [3.63, 3.8) is 0 Å². The van der Waals surface area contributed by atoms with E-state index < -0.39 is 5.72 Å². The molecule has 0 aromatic heterocycles. The largest absolute Gasteiger partial charge is 0.489 e. The van der Waals surface area contributed by atoms with E-state index >= 15 is 0 Å². The van der Waals surface area contributed by atoms with Gasteiger partial charge in [0.15, 0.2) is 0 Å². The highest BCUT2D eigenvalue weighted by molar-refractivity contribution is 5.79. The maximum atomic E-state index is 6.37. The van der Waals surface area contributed by atoms with Crippen molar-refractivity contribution < 1.29 is 14.3 Å². The zero-order valence-corrected chi connectivity index (χ0v) is 15.8. The number of guanidine groups is 1. The number of anilines is 1. The number of hydroxylamine groups is 2. The van der Waals surface area contributed by atoms with E-state index in [2.05, 4.69) is 6.07 Å². The molecule has 5 rings (SSSR count). The van der Waals surface area contributed by atoms with Gasteiger partial charge in [-0.25, -0.2) is 14.9 Å². The lowest BCUT2D eigenvalue weighted by molar-refractivity contribution is -0.194. The minimum Gasteiger partial charge on any atom is -0.489 e. The van der Waals surface area contributed by atoms with Gasteiger partial charge in [-0.15, -0.1) is 0 Å². The number of nitrogens with two attached hydrogens (primary N) is 2. The number of hydrogen-bond donors (Lipinski definition) is 2. The maximum absolute atomic E-state index is 6.37. The summed E-state index contributed by atoms with van der Waals surface area (Å²) >= 11 is 0. The van der Waals surface area contributed by atoms with Crippen LogP contribution in [0.3, 0.4) is 0 Å². The summed E-state index contributed by atoms with van der Waals surface area (Å²) in [5.41, 5.74) is 14.8. The number of fused-ring (bicyclic) bond motifs is 2. The van der Waals surface area contributed by atoms with E-state index in [1.807, 2.05) is 36.4 Å². The Morgan fingerprint density at radius 2 is 2.00 bits per heavy atom. The average Bonchev–Trinajstić information content (AvgIpc) is 3.31.